The summed E-state index contributed by atoms with van der Waals surface area (Å²) in [6.45, 7) is 1.30. The molecule has 1 aliphatic heterocycles. The molecule has 0 aliphatic carbocycles. The monoisotopic (exact) mass is 331 g/mol. The molecule has 0 unspecified atom stereocenters. The largest absolute Gasteiger partial charge is 0.381 e. The van der Waals surface area contributed by atoms with E-state index in [9.17, 15) is 4.79 Å². The van der Waals surface area contributed by atoms with E-state index in [2.05, 4.69) is 15.6 Å². The Labute approximate surface area is 140 Å². The quantitative estimate of drug-likeness (QED) is 0.893. The zero-order chi connectivity index (χ0) is 16.1. The standard InChI is InChI=1S/C17H18ClN3O2/c18-13-1-3-14(4-2-13)20-15-5-6-16(19-11-15)21-17(22)12-7-9-23-10-8-12/h1-6,11-12,20H,7-10H2,(H,19,21,22). The number of rotatable bonds is 4. The van der Waals surface area contributed by atoms with Gasteiger partial charge >= 0.3 is 0 Å². The van der Waals surface area contributed by atoms with Crippen LogP contribution in [0.2, 0.25) is 5.02 Å². The third kappa shape index (κ3) is 4.43. The third-order valence-corrected chi connectivity index (χ3v) is 3.99. The van der Waals surface area contributed by atoms with Crippen LogP contribution in [0.15, 0.2) is 42.6 Å². The fourth-order valence-corrected chi connectivity index (χ4v) is 2.56. The number of pyridine rings is 1. The summed E-state index contributed by atoms with van der Waals surface area (Å²) in [5.41, 5.74) is 1.77. The molecule has 23 heavy (non-hydrogen) atoms. The lowest BCUT2D eigenvalue weighted by Crippen LogP contribution is -2.28. The van der Waals surface area contributed by atoms with E-state index >= 15 is 0 Å². The maximum absolute atomic E-state index is 12.1. The number of hydrogen-bond donors (Lipinski definition) is 2. The first-order chi connectivity index (χ1) is 11.2. The van der Waals surface area contributed by atoms with E-state index in [4.69, 9.17) is 16.3 Å². The van der Waals surface area contributed by atoms with Gasteiger partial charge in [0.15, 0.2) is 0 Å². The van der Waals surface area contributed by atoms with Crippen LogP contribution < -0.4 is 10.6 Å². The Bertz CT molecular complexity index is 653. The van der Waals surface area contributed by atoms with Crippen molar-refractivity contribution in [1.29, 1.82) is 0 Å². The predicted octanol–water partition coefficient (Wildman–Crippen LogP) is 3.84. The van der Waals surface area contributed by atoms with Crippen LogP contribution in [0, 0.1) is 5.92 Å². The number of amides is 1. The molecule has 2 aromatic rings. The maximum atomic E-state index is 12.1. The average Bonchev–Trinajstić information content (AvgIpc) is 2.59. The number of nitrogens with one attached hydrogen (secondary N) is 2. The van der Waals surface area contributed by atoms with Gasteiger partial charge in [0, 0.05) is 29.8 Å². The van der Waals surface area contributed by atoms with E-state index < -0.39 is 0 Å². The van der Waals surface area contributed by atoms with Gasteiger partial charge < -0.3 is 15.4 Å². The molecule has 1 saturated heterocycles. The topological polar surface area (TPSA) is 63.2 Å². The van der Waals surface area contributed by atoms with Crippen molar-refractivity contribution in [3.8, 4) is 0 Å². The minimum Gasteiger partial charge on any atom is -0.381 e. The highest BCUT2D eigenvalue weighted by molar-refractivity contribution is 6.30. The second-order valence-electron chi connectivity index (χ2n) is 5.44. The average molecular weight is 332 g/mol. The lowest BCUT2D eigenvalue weighted by molar-refractivity contribution is -0.122. The summed E-state index contributed by atoms with van der Waals surface area (Å²) in [6.07, 6.45) is 3.22. The normalized spacial score (nSPS) is 15.2. The highest BCUT2D eigenvalue weighted by atomic mass is 35.5. The number of aromatic nitrogens is 1. The molecule has 5 nitrogen and oxygen atoms in total. The molecule has 120 valence electrons. The van der Waals surface area contributed by atoms with Crippen molar-refractivity contribution in [3.63, 3.8) is 0 Å². The zero-order valence-corrected chi connectivity index (χ0v) is 13.3. The molecule has 0 saturated carbocycles. The van der Waals surface area contributed by atoms with Gasteiger partial charge in [0.05, 0.1) is 11.9 Å². The molecule has 1 aromatic heterocycles. The van der Waals surface area contributed by atoms with Crippen molar-refractivity contribution in [2.75, 3.05) is 23.8 Å². The number of hydrogen-bond acceptors (Lipinski definition) is 4. The second-order valence-corrected chi connectivity index (χ2v) is 5.88. The Balaban J connectivity index is 1.58. The van der Waals surface area contributed by atoms with Crippen LogP contribution in [-0.4, -0.2) is 24.1 Å². The Morgan fingerprint density at radius 2 is 1.78 bits per heavy atom. The summed E-state index contributed by atoms with van der Waals surface area (Å²) in [5, 5.41) is 6.78. The summed E-state index contributed by atoms with van der Waals surface area (Å²) < 4.78 is 5.27. The minimum absolute atomic E-state index is 0.0115. The fraction of sp³-hybridized carbons (Fsp3) is 0.294. The number of halogens is 1. The molecule has 1 aliphatic rings. The van der Waals surface area contributed by atoms with E-state index in [0.717, 1.165) is 24.2 Å². The number of benzene rings is 1. The maximum Gasteiger partial charge on any atom is 0.228 e. The zero-order valence-electron chi connectivity index (χ0n) is 12.6. The molecule has 3 rings (SSSR count). The lowest BCUT2D eigenvalue weighted by Gasteiger charge is -2.20. The van der Waals surface area contributed by atoms with Gasteiger partial charge in [-0.2, -0.15) is 0 Å². The van der Waals surface area contributed by atoms with Gasteiger partial charge in [-0.1, -0.05) is 11.6 Å². The molecule has 2 N–H and O–H groups in total. The molecule has 0 spiro atoms. The SMILES string of the molecule is O=C(Nc1ccc(Nc2ccc(Cl)cc2)cn1)C1CCOCC1. The van der Waals surface area contributed by atoms with Crippen LogP contribution in [0.5, 0.6) is 0 Å². The van der Waals surface area contributed by atoms with Crippen molar-refractivity contribution in [1.82, 2.24) is 4.98 Å². The molecule has 1 amide bonds. The van der Waals surface area contributed by atoms with Crippen LogP contribution in [0.25, 0.3) is 0 Å². The van der Waals surface area contributed by atoms with E-state index in [-0.39, 0.29) is 11.8 Å². The lowest BCUT2D eigenvalue weighted by atomic mass is 9.99. The Hall–Kier alpha value is -2.11. The minimum atomic E-state index is 0.0115. The van der Waals surface area contributed by atoms with Gasteiger partial charge in [-0.3, -0.25) is 4.79 Å². The molecule has 1 aromatic carbocycles. The number of nitrogens with zero attached hydrogens (tertiary/aromatic N) is 1. The number of carbonyl (C=O) groups is 1. The van der Waals surface area contributed by atoms with E-state index in [0.29, 0.717) is 24.1 Å². The fourth-order valence-electron chi connectivity index (χ4n) is 2.43. The molecule has 0 atom stereocenters. The molecular weight excluding hydrogens is 314 g/mol. The molecule has 6 heteroatoms. The van der Waals surface area contributed by atoms with Crippen molar-refractivity contribution in [2.45, 2.75) is 12.8 Å². The molecule has 2 heterocycles. The summed E-state index contributed by atoms with van der Waals surface area (Å²) in [4.78, 5) is 16.4. The van der Waals surface area contributed by atoms with Crippen LogP contribution in [0.4, 0.5) is 17.2 Å². The Kier molecular flexibility index (Phi) is 5.10. The Morgan fingerprint density at radius 3 is 2.43 bits per heavy atom. The Morgan fingerprint density at radius 1 is 1.09 bits per heavy atom. The van der Waals surface area contributed by atoms with Gasteiger partial charge in [0.1, 0.15) is 5.82 Å². The third-order valence-electron chi connectivity index (χ3n) is 3.74. The van der Waals surface area contributed by atoms with Crippen LogP contribution >= 0.6 is 11.6 Å². The summed E-state index contributed by atoms with van der Waals surface area (Å²) in [6, 6.07) is 11.1. The van der Waals surface area contributed by atoms with E-state index in [1.54, 1.807) is 12.3 Å². The number of carbonyl (C=O) groups excluding carboxylic acids is 1. The highest BCUT2D eigenvalue weighted by Gasteiger charge is 2.21. The van der Waals surface area contributed by atoms with Crippen molar-refractivity contribution < 1.29 is 9.53 Å². The van der Waals surface area contributed by atoms with E-state index in [1.165, 1.54) is 0 Å². The van der Waals surface area contributed by atoms with E-state index in [1.807, 2.05) is 30.3 Å². The van der Waals surface area contributed by atoms with Crippen LogP contribution in [-0.2, 0) is 9.53 Å². The number of ether oxygens (including phenoxy) is 1. The first kappa shape index (κ1) is 15.8. The summed E-state index contributed by atoms with van der Waals surface area (Å²) in [5.74, 6) is 0.583. The molecule has 0 radical (unpaired) electrons. The first-order valence-corrected chi connectivity index (χ1v) is 7.96. The predicted molar refractivity (Wildman–Crippen MR) is 91.1 cm³/mol. The molecule has 1 fully saturated rings. The first-order valence-electron chi connectivity index (χ1n) is 7.58. The smallest absolute Gasteiger partial charge is 0.228 e. The van der Waals surface area contributed by atoms with Crippen molar-refractivity contribution in [3.05, 3.63) is 47.6 Å². The second kappa shape index (κ2) is 7.44. The van der Waals surface area contributed by atoms with Crippen LogP contribution in [0.1, 0.15) is 12.8 Å². The van der Waals surface area contributed by atoms with Gasteiger partial charge in [0.25, 0.3) is 0 Å². The molecule has 0 bridgehead atoms. The van der Waals surface area contributed by atoms with Crippen molar-refractivity contribution in [2.24, 2.45) is 5.92 Å². The summed E-state index contributed by atoms with van der Waals surface area (Å²) >= 11 is 5.86. The van der Waals surface area contributed by atoms with Crippen LogP contribution in [0.3, 0.4) is 0 Å². The summed E-state index contributed by atoms with van der Waals surface area (Å²) in [7, 11) is 0. The molecular formula is C17H18ClN3O2. The van der Waals surface area contributed by atoms with Gasteiger partial charge in [-0.15, -0.1) is 0 Å². The highest BCUT2D eigenvalue weighted by Crippen LogP contribution is 2.20. The number of anilines is 3. The van der Waals surface area contributed by atoms with Crippen molar-refractivity contribution >= 4 is 34.7 Å². The van der Waals surface area contributed by atoms with Gasteiger partial charge in [-0.05, 0) is 49.2 Å². The van der Waals surface area contributed by atoms with Gasteiger partial charge in [-0.25, -0.2) is 4.98 Å². The van der Waals surface area contributed by atoms with Gasteiger partial charge in [0.2, 0.25) is 5.91 Å².